The van der Waals surface area contributed by atoms with Crippen molar-refractivity contribution in [1.82, 2.24) is 5.32 Å². The molecule has 0 saturated carbocycles. The van der Waals surface area contributed by atoms with E-state index < -0.39 is 6.04 Å². The molecule has 0 bridgehead atoms. The number of quaternary nitrogens is 1. The smallest absolute Gasteiger partial charge is 0.328 e. The third-order valence-electron chi connectivity index (χ3n) is 4.85. The Kier molecular flexibility index (Phi) is 7.91. The predicted molar refractivity (Wildman–Crippen MR) is 104 cm³/mol. The molecule has 1 aromatic rings. The van der Waals surface area contributed by atoms with Gasteiger partial charge in [-0.15, -0.1) is 0 Å². The maximum absolute atomic E-state index is 12.4. The van der Waals surface area contributed by atoms with E-state index >= 15 is 0 Å². The Hall–Kier alpha value is -2.28. The van der Waals surface area contributed by atoms with E-state index in [2.05, 4.69) is 22.3 Å². The topological polar surface area (TPSA) is 72.3 Å². The molecule has 1 aromatic carbocycles. The molecular weight excluding hydrogens is 346 g/mol. The second-order valence-electron chi connectivity index (χ2n) is 7.38. The predicted octanol–water partition coefficient (Wildman–Crippen LogP) is 0.104. The second kappa shape index (κ2) is 10.2. The van der Waals surface area contributed by atoms with Gasteiger partial charge in [-0.25, -0.2) is 4.79 Å². The molecule has 1 aliphatic heterocycles. The van der Waals surface area contributed by atoms with Crippen molar-refractivity contribution in [2.45, 2.75) is 26.3 Å². The highest BCUT2D eigenvalue weighted by molar-refractivity contribution is 5.84. The van der Waals surface area contributed by atoms with Gasteiger partial charge in [0, 0.05) is 5.69 Å². The maximum atomic E-state index is 12.4. The Morgan fingerprint density at radius 2 is 1.78 bits per heavy atom. The van der Waals surface area contributed by atoms with Crippen LogP contribution in [0.15, 0.2) is 24.3 Å². The quantitative estimate of drug-likeness (QED) is 0.628. The van der Waals surface area contributed by atoms with Gasteiger partial charge >= 0.3 is 5.97 Å². The van der Waals surface area contributed by atoms with Crippen LogP contribution in [0.1, 0.15) is 20.3 Å². The maximum Gasteiger partial charge on any atom is 0.328 e. The lowest BCUT2D eigenvalue weighted by Gasteiger charge is -2.33. The van der Waals surface area contributed by atoms with Gasteiger partial charge in [-0.3, -0.25) is 4.79 Å². The van der Waals surface area contributed by atoms with E-state index in [1.165, 1.54) is 17.7 Å². The first-order chi connectivity index (χ1) is 12.9. The number of anilines is 1. The second-order valence-corrected chi connectivity index (χ2v) is 7.38. The Bertz CT molecular complexity index is 610. The Morgan fingerprint density at radius 1 is 1.15 bits per heavy atom. The highest BCUT2D eigenvalue weighted by atomic mass is 16.5. The Morgan fingerprint density at radius 3 is 2.30 bits per heavy atom. The van der Waals surface area contributed by atoms with Crippen LogP contribution in [0.4, 0.5) is 5.69 Å². The molecule has 0 aliphatic carbocycles. The lowest BCUT2D eigenvalue weighted by Crippen LogP contribution is -3.16. The average Bonchev–Trinajstić information content (AvgIpc) is 2.67. The monoisotopic (exact) mass is 378 g/mol. The summed E-state index contributed by atoms with van der Waals surface area (Å²) in [5, 5.41) is 2.84. The average molecular weight is 378 g/mol. The van der Waals surface area contributed by atoms with Crippen molar-refractivity contribution in [2.24, 2.45) is 5.92 Å². The number of ether oxygens (including phenoxy) is 2. The van der Waals surface area contributed by atoms with Gasteiger partial charge < -0.3 is 24.6 Å². The SMILES string of the molecule is COC(=O)[C@@H](CC(C)C)NC(=O)C[NH+]1CCN(c2ccc(OC)cc2)CC1. The first kappa shape index (κ1) is 21.0. The molecule has 7 heteroatoms. The summed E-state index contributed by atoms with van der Waals surface area (Å²) in [6.45, 7) is 7.96. The molecular formula is C20H32N3O4+. The fraction of sp³-hybridized carbons (Fsp3) is 0.600. The van der Waals surface area contributed by atoms with E-state index in [0.717, 1.165) is 31.9 Å². The van der Waals surface area contributed by atoms with Crippen LogP contribution >= 0.6 is 0 Å². The lowest BCUT2D eigenvalue weighted by molar-refractivity contribution is -0.892. The van der Waals surface area contributed by atoms with E-state index in [1.807, 2.05) is 26.0 Å². The lowest BCUT2D eigenvalue weighted by atomic mass is 10.0. The van der Waals surface area contributed by atoms with E-state index in [-0.39, 0.29) is 11.9 Å². The summed E-state index contributed by atoms with van der Waals surface area (Å²) < 4.78 is 10.0. The third kappa shape index (κ3) is 6.43. The van der Waals surface area contributed by atoms with Gasteiger partial charge in [-0.1, -0.05) is 13.8 Å². The minimum Gasteiger partial charge on any atom is -0.497 e. The number of esters is 1. The van der Waals surface area contributed by atoms with Crippen LogP contribution in [0.2, 0.25) is 0 Å². The number of hydrogen-bond acceptors (Lipinski definition) is 5. The van der Waals surface area contributed by atoms with Crippen molar-refractivity contribution in [1.29, 1.82) is 0 Å². The molecule has 2 rings (SSSR count). The normalized spacial score (nSPS) is 16.1. The summed E-state index contributed by atoms with van der Waals surface area (Å²) in [6.07, 6.45) is 0.582. The van der Waals surface area contributed by atoms with Gasteiger partial charge in [0.2, 0.25) is 0 Å². The van der Waals surface area contributed by atoms with Gasteiger partial charge in [0.1, 0.15) is 11.8 Å². The third-order valence-corrected chi connectivity index (χ3v) is 4.85. The molecule has 0 aromatic heterocycles. The molecule has 0 spiro atoms. The van der Waals surface area contributed by atoms with Crippen LogP contribution in [0.25, 0.3) is 0 Å². The molecule has 1 aliphatic rings. The summed E-state index contributed by atoms with van der Waals surface area (Å²) in [5.74, 6) is 0.673. The largest absolute Gasteiger partial charge is 0.497 e. The van der Waals surface area contributed by atoms with Crippen molar-refractivity contribution in [2.75, 3.05) is 51.8 Å². The highest BCUT2D eigenvalue weighted by Gasteiger charge is 2.26. The fourth-order valence-electron chi connectivity index (χ4n) is 3.35. The van der Waals surface area contributed by atoms with Gasteiger partial charge in [-0.05, 0) is 36.6 Å². The van der Waals surface area contributed by atoms with Crippen LogP contribution in [0.3, 0.4) is 0 Å². The van der Waals surface area contributed by atoms with Crippen molar-refractivity contribution in [3.05, 3.63) is 24.3 Å². The first-order valence-corrected chi connectivity index (χ1v) is 9.52. The van der Waals surface area contributed by atoms with Gasteiger partial charge in [0.15, 0.2) is 6.54 Å². The number of carbonyl (C=O) groups is 2. The molecule has 0 radical (unpaired) electrons. The molecule has 1 atom stereocenters. The zero-order chi connectivity index (χ0) is 19.8. The number of piperazine rings is 1. The summed E-state index contributed by atoms with van der Waals surface area (Å²) in [5.41, 5.74) is 1.17. The van der Waals surface area contributed by atoms with Crippen molar-refractivity contribution in [3.8, 4) is 5.75 Å². The van der Waals surface area contributed by atoms with E-state index in [9.17, 15) is 9.59 Å². The number of carbonyl (C=O) groups excluding carboxylic acids is 2. The molecule has 150 valence electrons. The number of amides is 1. The van der Waals surface area contributed by atoms with Crippen LogP contribution in [-0.2, 0) is 14.3 Å². The van der Waals surface area contributed by atoms with Crippen molar-refractivity contribution < 1.29 is 24.0 Å². The van der Waals surface area contributed by atoms with E-state index in [4.69, 9.17) is 9.47 Å². The number of nitrogens with one attached hydrogen (secondary N) is 2. The summed E-state index contributed by atoms with van der Waals surface area (Å²) in [7, 11) is 3.01. The zero-order valence-corrected chi connectivity index (χ0v) is 16.8. The van der Waals surface area contributed by atoms with Crippen molar-refractivity contribution >= 4 is 17.6 Å². The number of nitrogens with zero attached hydrogens (tertiary/aromatic N) is 1. The number of benzene rings is 1. The molecule has 7 nitrogen and oxygen atoms in total. The molecule has 1 amide bonds. The molecule has 1 fully saturated rings. The molecule has 1 saturated heterocycles. The number of hydrogen-bond donors (Lipinski definition) is 2. The van der Waals surface area contributed by atoms with Gasteiger partial charge in [0.05, 0.1) is 40.4 Å². The summed E-state index contributed by atoms with van der Waals surface area (Å²) in [4.78, 5) is 27.8. The zero-order valence-electron chi connectivity index (χ0n) is 16.8. The highest BCUT2D eigenvalue weighted by Crippen LogP contribution is 2.18. The van der Waals surface area contributed by atoms with E-state index in [0.29, 0.717) is 18.9 Å². The molecule has 2 N–H and O–H groups in total. The molecule has 0 unspecified atom stereocenters. The van der Waals surface area contributed by atoms with Gasteiger partial charge in [-0.2, -0.15) is 0 Å². The summed E-state index contributed by atoms with van der Waals surface area (Å²) >= 11 is 0. The first-order valence-electron chi connectivity index (χ1n) is 9.52. The summed E-state index contributed by atoms with van der Waals surface area (Å²) in [6, 6.07) is 7.47. The molecule has 27 heavy (non-hydrogen) atoms. The van der Waals surface area contributed by atoms with Gasteiger partial charge in [0.25, 0.3) is 5.91 Å². The molecule has 1 heterocycles. The van der Waals surface area contributed by atoms with E-state index in [1.54, 1.807) is 7.11 Å². The Labute approximate surface area is 161 Å². The van der Waals surface area contributed by atoms with Crippen LogP contribution < -0.4 is 19.9 Å². The minimum absolute atomic E-state index is 0.0982. The minimum atomic E-state index is -0.567. The van der Waals surface area contributed by atoms with Crippen LogP contribution in [0, 0.1) is 5.92 Å². The van der Waals surface area contributed by atoms with Crippen molar-refractivity contribution in [3.63, 3.8) is 0 Å². The Balaban J connectivity index is 1.81. The fourth-order valence-corrected chi connectivity index (χ4v) is 3.35. The number of rotatable bonds is 8. The van der Waals surface area contributed by atoms with Crippen LogP contribution in [-0.4, -0.2) is 64.9 Å². The van der Waals surface area contributed by atoms with Crippen LogP contribution in [0.5, 0.6) is 5.75 Å². The standard InChI is InChI=1S/C20H31N3O4/c1-15(2)13-18(20(25)27-4)21-19(24)14-22-9-11-23(12-10-22)16-5-7-17(26-3)8-6-16/h5-8,15,18H,9-14H2,1-4H3,(H,21,24)/p+1/t18-/m1/s1. The number of methoxy groups -OCH3 is 2.